The number of halogens is 3. The summed E-state index contributed by atoms with van der Waals surface area (Å²) < 4.78 is 39.1. The molecule has 0 aromatic heterocycles. The van der Waals surface area contributed by atoms with Gasteiger partial charge in [-0.1, -0.05) is 42.5 Å². The van der Waals surface area contributed by atoms with Gasteiger partial charge in [-0.15, -0.1) is 13.2 Å². The molecule has 0 heterocycles. The minimum Gasteiger partial charge on any atom is -0.369 e. The van der Waals surface area contributed by atoms with Crippen molar-refractivity contribution in [3.63, 3.8) is 0 Å². The van der Waals surface area contributed by atoms with Crippen LogP contribution in [-0.2, 0) is 11.2 Å². The molecule has 0 saturated carbocycles. The van der Waals surface area contributed by atoms with Crippen LogP contribution in [0.15, 0.2) is 54.6 Å². The Morgan fingerprint density at radius 3 is 2.00 bits per heavy atom. The first-order valence-electron chi connectivity index (χ1n) is 5.87. The highest BCUT2D eigenvalue weighted by Gasteiger charge is 2.34. The fourth-order valence-electron chi connectivity index (χ4n) is 1.75. The van der Waals surface area contributed by atoms with Crippen LogP contribution >= 0.6 is 0 Å². The molecular weight excluding hydrogens is 269 g/mol. The average molecular weight is 280 g/mol. The molecule has 0 radical (unpaired) electrons. The summed E-state index contributed by atoms with van der Waals surface area (Å²) in [4.78, 5) is 11.2. The lowest BCUT2D eigenvalue weighted by Crippen LogP contribution is -2.19. The summed E-state index contributed by atoms with van der Waals surface area (Å²) in [5.74, 6) is -1.40. The third-order valence-corrected chi connectivity index (χ3v) is 2.65. The summed E-state index contributed by atoms with van der Waals surface area (Å²) in [6, 6.07) is 15.5. The quantitative estimate of drug-likeness (QED) is 0.796. The van der Waals surface area contributed by atoms with Gasteiger partial charge in [-0.3, -0.25) is 0 Å². The van der Waals surface area contributed by atoms with Gasteiger partial charge in [-0.25, -0.2) is 4.79 Å². The van der Waals surface area contributed by atoms with Crippen molar-refractivity contribution in [1.82, 2.24) is 0 Å². The van der Waals surface area contributed by atoms with Crippen molar-refractivity contribution in [3.8, 4) is 0 Å². The molecule has 0 saturated heterocycles. The van der Waals surface area contributed by atoms with Gasteiger partial charge >= 0.3 is 12.3 Å². The summed E-state index contributed by atoms with van der Waals surface area (Å²) in [5.41, 5.74) is 1.86. The number of esters is 1. The number of hydrogen-bond donors (Lipinski definition) is 0. The molecule has 2 aromatic carbocycles. The normalized spacial score (nSPS) is 11.2. The van der Waals surface area contributed by atoms with Gasteiger partial charge in [0.1, 0.15) is 0 Å². The molecule has 5 heteroatoms. The zero-order valence-electron chi connectivity index (χ0n) is 10.4. The van der Waals surface area contributed by atoms with E-state index < -0.39 is 12.3 Å². The van der Waals surface area contributed by atoms with E-state index in [0.29, 0.717) is 6.42 Å². The first kappa shape index (κ1) is 14.1. The smallest absolute Gasteiger partial charge is 0.369 e. The fourth-order valence-corrected chi connectivity index (χ4v) is 1.75. The molecule has 0 aliphatic heterocycles. The van der Waals surface area contributed by atoms with Crippen molar-refractivity contribution in [3.05, 3.63) is 71.3 Å². The highest BCUT2D eigenvalue weighted by atomic mass is 19.4. The van der Waals surface area contributed by atoms with Gasteiger partial charge in [-0.2, -0.15) is 0 Å². The Labute approximate surface area is 113 Å². The molecule has 0 atom stereocenters. The Hall–Kier alpha value is -2.30. The van der Waals surface area contributed by atoms with Crippen LogP contribution in [0.4, 0.5) is 13.2 Å². The van der Waals surface area contributed by atoms with Crippen LogP contribution in [0, 0.1) is 0 Å². The zero-order chi connectivity index (χ0) is 14.6. The Bertz CT molecular complexity index is 574. The number of hydrogen-bond acceptors (Lipinski definition) is 2. The number of benzene rings is 2. The van der Waals surface area contributed by atoms with Crippen LogP contribution in [0.2, 0.25) is 0 Å². The number of carbonyl (C=O) groups is 1. The van der Waals surface area contributed by atoms with Crippen LogP contribution in [0.5, 0.6) is 0 Å². The Balaban J connectivity index is 2.05. The molecule has 0 unspecified atom stereocenters. The van der Waals surface area contributed by atoms with Gasteiger partial charge in [-0.05, 0) is 29.7 Å². The van der Waals surface area contributed by atoms with Gasteiger partial charge in [0.15, 0.2) is 0 Å². The van der Waals surface area contributed by atoms with Crippen molar-refractivity contribution < 1.29 is 22.7 Å². The van der Waals surface area contributed by atoms with Crippen molar-refractivity contribution in [2.45, 2.75) is 12.8 Å². The molecule has 0 aliphatic rings. The van der Waals surface area contributed by atoms with Gasteiger partial charge in [0, 0.05) is 0 Å². The average Bonchev–Trinajstić information content (AvgIpc) is 2.39. The Morgan fingerprint density at radius 1 is 0.900 bits per heavy atom. The molecule has 2 rings (SSSR count). The highest BCUT2D eigenvalue weighted by molar-refractivity contribution is 5.89. The molecule has 2 aromatic rings. The Kier molecular flexibility index (Phi) is 4.08. The zero-order valence-corrected chi connectivity index (χ0v) is 10.4. The number of rotatable bonds is 3. The van der Waals surface area contributed by atoms with Crippen molar-refractivity contribution >= 4 is 5.97 Å². The van der Waals surface area contributed by atoms with Gasteiger partial charge in [0.25, 0.3) is 0 Å². The number of carbonyl (C=O) groups excluding carboxylic acids is 1. The van der Waals surface area contributed by atoms with E-state index in [0.717, 1.165) is 11.1 Å². The third-order valence-electron chi connectivity index (χ3n) is 2.65. The topological polar surface area (TPSA) is 26.3 Å². The maximum absolute atomic E-state index is 11.9. The SMILES string of the molecule is O=C(OC(F)(F)F)c1ccc(Cc2ccccc2)cc1. The van der Waals surface area contributed by atoms with Crippen molar-refractivity contribution in [2.24, 2.45) is 0 Å². The molecular formula is C15H11F3O2. The van der Waals surface area contributed by atoms with Crippen molar-refractivity contribution in [2.75, 3.05) is 0 Å². The van der Waals surface area contributed by atoms with Crippen LogP contribution in [-0.4, -0.2) is 12.3 Å². The summed E-state index contributed by atoms with van der Waals surface area (Å²) in [6.07, 6.45) is -4.31. The monoisotopic (exact) mass is 280 g/mol. The third kappa shape index (κ3) is 4.12. The van der Waals surface area contributed by atoms with E-state index in [1.165, 1.54) is 12.1 Å². The van der Waals surface area contributed by atoms with Crippen molar-refractivity contribution in [1.29, 1.82) is 0 Å². The molecule has 104 valence electrons. The van der Waals surface area contributed by atoms with E-state index >= 15 is 0 Å². The largest absolute Gasteiger partial charge is 0.575 e. The molecule has 0 N–H and O–H groups in total. The van der Waals surface area contributed by atoms with Gasteiger partial charge in [0.2, 0.25) is 0 Å². The van der Waals surface area contributed by atoms with Crippen LogP contribution in [0.25, 0.3) is 0 Å². The Morgan fingerprint density at radius 2 is 1.45 bits per heavy atom. The molecule has 0 spiro atoms. The van der Waals surface area contributed by atoms with E-state index in [-0.39, 0.29) is 5.56 Å². The summed E-state index contributed by atoms with van der Waals surface area (Å²) >= 11 is 0. The molecule has 0 aliphatic carbocycles. The highest BCUT2D eigenvalue weighted by Crippen LogP contribution is 2.19. The first-order valence-corrected chi connectivity index (χ1v) is 5.87. The van der Waals surface area contributed by atoms with Crippen LogP contribution in [0.3, 0.4) is 0 Å². The van der Waals surface area contributed by atoms with Crippen LogP contribution < -0.4 is 0 Å². The molecule has 20 heavy (non-hydrogen) atoms. The molecule has 0 amide bonds. The van der Waals surface area contributed by atoms with E-state index in [1.807, 2.05) is 30.3 Å². The minimum atomic E-state index is -4.96. The second-order valence-electron chi connectivity index (χ2n) is 4.19. The molecule has 0 fully saturated rings. The lowest BCUT2D eigenvalue weighted by Gasteiger charge is -2.07. The predicted octanol–water partition coefficient (Wildman–Crippen LogP) is 3.95. The summed E-state index contributed by atoms with van der Waals surface area (Å²) in [6.45, 7) is 0. The van der Waals surface area contributed by atoms with Gasteiger partial charge in [0.05, 0.1) is 5.56 Å². The summed E-state index contributed by atoms with van der Waals surface area (Å²) in [5, 5.41) is 0. The maximum Gasteiger partial charge on any atom is 0.575 e. The molecule has 2 nitrogen and oxygen atoms in total. The van der Waals surface area contributed by atoms with Crippen LogP contribution in [0.1, 0.15) is 21.5 Å². The van der Waals surface area contributed by atoms with Gasteiger partial charge < -0.3 is 4.74 Å². The summed E-state index contributed by atoms with van der Waals surface area (Å²) in [7, 11) is 0. The lowest BCUT2D eigenvalue weighted by molar-refractivity contribution is -0.291. The first-order chi connectivity index (χ1) is 9.44. The van der Waals surface area contributed by atoms with E-state index in [1.54, 1.807) is 12.1 Å². The lowest BCUT2D eigenvalue weighted by atomic mass is 10.0. The van der Waals surface area contributed by atoms with E-state index in [2.05, 4.69) is 4.74 Å². The fraction of sp³-hybridized carbons (Fsp3) is 0.133. The standard InChI is InChI=1S/C15H11F3O2/c16-15(17,18)20-14(19)13-8-6-12(7-9-13)10-11-4-2-1-3-5-11/h1-9H,10H2. The van der Waals surface area contributed by atoms with E-state index in [9.17, 15) is 18.0 Å². The minimum absolute atomic E-state index is 0.126. The predicted molar refractivity (Wildman–Crippen MR) is 67.2 cm³/mol. The van der Waals surface area contributed by atoms with E-state index in [4.69, 9.17) is 0 Å². The maximum atomic E-state index is 11.9. The second kappa shape index (κ2) is 5.77. The number of alkyl halides is 3. The number of ether oxygens (including phenoxy) is 1. The second-order valence-corrected chi connectivity index (χ2v) is 4.19. The molecule has 0 bridgehead atoms.